The highest BCUT2D eigenvalue weighted by Crippen LogP contribution is 2.16. The topological polar surface area (TPSA) is 71.5 Å². The highest BCUT2D eigenvalue weighted by molar-refractivity contribution is 5.95. The number of phenolic OH excluding ortho intramolecular Hbond substituents is 1. The number of hydrogen-bond acceptors (Lipinski definition) is 4. The molecule has 0 saturated carbocycles. The van der Waals surface area contributed by atoms with Crippen molar-refractivity contribution < 1.29 is 14.6 Å². The van der Waals surface area contributed by atoms with Crippen LogP contribution in [0.2, 0.25) is 0 Å². The third kappa shape index (κ3) is 3.26. The van der Waals surface area contributed by atoms with Crippen LogP contribution in [0.3, 0.4) is 0 Å². The lowest BCUT2D eigenvalue weighted by molar-refractivity contribution is 0.0950. The van der Waals surface area contributed by atoms with Gasteiger partial charge in [0, 0.05) is 24.4 Å². The number of rotatable bonds is 4. The molecule has 0 fully saturated rings. The summed E-state index contributed by atoms with van der Waals surface area (Å²) in [5.74, 6) is 0.480. The predicted molar refractivity (Wildman–Crippen MR) is 74.8 cm³/mol. The molecule has 1 aromatic carbocycles. The lowest BCUT2D eigenvalue weighted by atomic mass is 10.1. The molecule has 1 amide bonds. The molecule has 0 saturated heterocycles. The number of aryl methyl sites for hydroxylation is 1. The van der Waals surface area contributed by atoms with E-state index in [4.69, 9.17) is 4.74 Å². The predicted octanol–water partition coefficient (Wildman–Crippen LogP) is 2.03. The van der Waals surface area contributed by atoms with Gasteiger partial charge >= 0.3 is 0 Å². The van der Waals surface area contributed by atoms with Crippen molar-refractivity contribution in [3.63, 3.8) is 0 Å². The van der Waals surface area contributed by atoms with Gasteiger partial charge in [0.1, 0.15) is 5.75 Å². The molecule has 0 aliphatic rings. The molecule has 2 aromatic rings. The van der Waals surface area contributed by atoms with Crippen molar-refractivity contribution in [2.24, 2.45) is 0 Å². The van der Waals surface area contributed by atoms with Gasteiger partial charge in [0.2, 0.25) is 5.88 Å². The second kappa shape index (κ2) is 6.06. The van der Waals surface area contributed by atoms with Crippen molar-refractivity contribution in [1.29, 1.82) is 0 Å². The van der Waals surface area contributed by atoms with Crippen LogP contribution in [0, 0.1) is 6.92 Å². The van der Waals surface area contributed by atoms with Crippen LogP contribution in [-0.2, 0) is 6.54 Å². The first-order valence-electron chi connectivity index (χ1n) is 6.17. The third-order valence-corrected chi connectivity index (χ3v) is 2.92. The Labute approximate surface area is 117 Å². The van der Waals surface area contributed by atoms with Crippen molar-refractivity contribution in [3.05, 3.63) is 53.2 Å². The first-order valence-corrected chi connectivity index (χ1v) is 6.17. The van der Waals surface area contributed by atoms with E-state index in [-0.39, 0.29) is 11.7 Å². The molecule has 0 spiro atoms. The zero-order chi connectivity index (χ0) is 14.5. The number of pyridine rings is 1. The lowest BCUT2D eigenvalue weighted by Crippen LogP contribution is -2.23. The van der Waals surface area contributed by atoms with Gasteiger partial charge in [0.15, 0.2) is 0 Å². The Balaban J connectivity index is 2.04. The summed E-state index contributed by atoms with van der Waals surface area (Å²) in [7, 11) is 1.55. The van der Waals surface area contributed by atoms with E-state index in [0.29, 0.717) is 18.0 Å². The normalized spacial score (nSPS) is 10.1. The maximum absolute atomic E-state index is 12.1. The van der Waals surface area contributed by atoms with Crippen LogP contribution in [0.5, 0.6) is 11.6 Å². The molecular weight excluding hydrogens is 256 g/mol. The number of methoxy groups -OCH3 is 1. The number of ether oxygens (including phenoxy) is 1. The Bertz CT molecular complexity index is 626. The molecule has 20 heavy (non-hydrogen) atoms. The Kier molecular flexibility index (Phi) is 4.20. The second-order valence-corrected chi connectivity index (χ2v) is 4.39. The molecule has 0 aliphatic carbocycles. The standard InChI is InChI=1S/C15H16N2O3/c1-10-7-12(18)3-4-13(10)15(19)17-9-11-5-6-16-14(8-11)20-2/h3-8,18H,9H2,1-2H3,(H,17,19). The van der Waals surface area contributed by atoms with E-state index >= 15 is 0 Å². The second-order valence-electron chi connectivity index (χ2n) is 4.39. The first kappa shape index (κ1) is 13.9. The van der Waals surface area contributed by atoms with Crippen molar-refractivity contribution in [2.75, 3.05) is 7.11 Å². The van der Waals surface area contributed by atoms with Crippen molar-refractivity contribution >= 4 is 5.91 Å². The largest absolute Gasteiger partial charge is 0.508 e. The summed E-state index contributed by atoms with van der Waals surface area (Å²) in [5.41, 5.74) is 2.18. The lowest BCUT2D eigenvalue weighted by Gasteiger charge is -2.08. The van der Waals surface area contributed by atoms with Crippen LogP contribution >= 0.6 is 0 Å². The van der Waals surface area contributed by atoms with Crippen LogP contribution in [0.25, 0.3) is 0 Å². The quantitative estimate of drug-likeness (QED) is 0.893. The fraction of sp³-hybridized carbons (Fsp3) is 0.200. The maximum Gasteiger partial charge on any atom is 0.251 e. The fourth-order valence-electron chi connectivity index (χ4n) is 1.85. The van der Waals surface area contributed by atoms with E-state index in [9.17, 15) is 9.90 Å². The van der Waals surface area contributed by atoms with Gasteiger partial charge in [-0.2, -0.15) is 0 Å². The van der Waals surface area contributed by atoms with Gasteiger partial charge in [-0.05, 0) is 42.3 Å². The zero-order valence-corrected chi connectivity index (χ0v) is 11.4. The van der Waals surface area contributed by atoms with Crippen molar-refractivity contribution in [3.8, 4) is 11.6 Å². The molecule has 0 aliphatic heterocycles. The number of carbonyl (C=O) groups excluding carboxylic acids is 1. The molecule has 5 heteroatoms. The van der Waals surface area contributed by atoms with Crippen LogP contribution < -0.4 is 10.1 Å². The van der Waals surface area contributed by atoms with Crippen LogP contribution in [-0.4, -0.2) is 23.1 Å². The minimum Gasteiger partial charge on any atom is -0.508 e. The molecule has 2 N–H and O–H groups in total. The number of aromatic hydroxyl groups is 1. The molecular formula is C15H16N2O3. The highest BCUT2D eigenvalue weighted by Gasteiger charge is 2.09. The number of nitrogens with zero attached hydrogens (tertiary/aromatic N) is 1. The minimum absolute atomic E-state index is 0.151. The number of nitrogens with one attached hydrogen (secondary N) is 1. The highest BCUT2D eigenvalue weighted by atomic mass is 16.5. The zero-order valence-electron chi connectivity index (χ0n) is 11.4. The number of phenols is 1. The SMILES string of the molecule is COc1cc(CNC(=O)c2ccc(O)cc2C)ccn1. The van der Waals surface area contributed by atoms with Crippen LogP contribution in [0.15, 0.2) is 36.5 Å². The first-order chi connectivity index (χ1) is 9.60. The van der Waals surface area contributed by atoms with Gasteiger partial charge < -0.3 is 15.2 Å². The van der Waals surface area contributed by atoms with E-state index in [2.05, 4.69) is 10.3 Å². The van der Waals surface area contributed by atoms with Gasteiger partial charge in [-0.25, -0.2) is 4.98 Å². The van der Waals surface area contributed by atoms with E-state index in [0.717, 1.165) is 11.1 Å². The average Bonchev–Trinajstić information content (AvgIpc) is 2.45. The minimum atomic E-state index is -0.182. The van der Waals surface area contributed by atoms with E-state index in [1.165, 1.54) is 6.07 Å². The number of carbonyl (C=O) groups is 1. The van der Waals surface area contributed by atoms with Gasteiger partial charge in [0.25, 0.3) is 5.91 Å². The van der Waals surface area contributed by atoms with Crippen LogP contribution in [0.4, 0.5) is 0 Å². The Morgan fingerprint density at radius 3 is 2.85 bits per heavy atom. The number of amides is 1. The van der Waals surface area contributed by atoms with Gasteiger partial charge in [-0.3, -0.25) is 4.79 Å². The summed E-state index contributed by atoms with van der Waals surface area (Å²) < 4.78 is 5.03. The van der Waals surface area contributed by atoms with Crippen LogP contribution in [0.1, 0.15) is 21.5 Å². The molecule has 1 aromatic heterocycles. The maximum atomic E-state index is 12.1. The van der Waals surface area contributed by atoms with Gasteiger partial charge in [-0.15, -0.1) is 0 Å². The number of benzene rings is 1. The summed E-state index contributed by atoms with van der Waals surface area (Å²) in [6.07, 6.45) is 1.63. The Hall–Kier alpha value is -2.56. The summed E-state index contributed by atoms with van der Waals surface area (Å²) >= 11 is 0. The molecule has 0 bridgehead atoms. The number of aromatic nitrogens is 1. The summed E-state index contributed by atoms with van der Waals surface area (Å²) in [6.45, 7) is 2.17. The van der Waals surface area contributed by atoms with E-state index in [1.807, 2.05) is 6.07 Å². The Morgan fingerprint density at radius 1 is 1.35 bits per heavy atom. The third-order valence-electron chi connectivity index (χ3n) is 2.92. The van der Waals surface area contributed by atoms with E-state index in [1.54, 1.807) is 38.4 Å². The summed E-state index contributed by atoms with van der Waals surface area (Å²) in [6, 6.07) is 8.24. The van der Waals surface area contributed by atoms with Crippen molar-refractivity contribution in [1.82, 2.24) is 10.3 Å². The summed E-state index contributed by atoms with van der Waals surface area (Å²) in [4.78, 5) is 16.1. The fourth-order valence-corrected chi connectivity index (χ4v) is 1.85. The average molecular weight is 272 g/mol. The molecule has 5 nitrogen and oxygen atoms in total. The molecule has 104 valence electrons. The summed E-state index contributed by atoms with van der Waals surface area (Å²) in [5, 5.41) is 12.2. The molecule has 1 heterocycles. The van der Waals surface area contributed by atoms with Gasteiger partial charge in [0.05, 0.1) is 7.11 Å². The molecule has 0 radical (unpaired) electrons. The molecule has 2 rings (SSSR count). The smallest absolute Gasteiger partial charge is 0.251 e. The van der Waals surface area contributed by atoms with Gasteiger partial charge in [-0.1, -0.05) is 0 Å². The number of hydrogen-bond donors (Lipinski definition) is 2. The monoisotopic (exact) mass is 272 g/mol. The Morgan fingerprint density at radius 2 is 2.15 bits per heavy atom. The molecule has 0 unspecified atom stereocenters. The van der Waals surface area contributed by atoms with E-state index < -0.39 is 0 Å². The molecule has 0 atom stereocenters. The van der Waals surface area contributed by atoms with Crippen molar-refractivity contribution in [2.45, 2.75) is 13.5 Å².